The summed E-state index contributed by atoms with van der Waals surface area (Å²) in [6.07, 6.45) is 3.27. The van der Waals surface area contributed by atoms with Gasteiger partial charge in [0.1, 0.15) is 0 Å². The van der Waals surface area contributed by atoms with Crippen LogP contribution in [0.2, 0.25) is 0 Å². The second-order valence-corrected chi connectivity index (χ2v) is 5.31. The van der Waals surface area contributed by atoms with Crippen molar-refractivity contribution in [3.05, 3.63) is 30.2 Å². The summed E-state index contributed by atoms with van der Waals surface area (Å²) in [6, 6.07) is 5.71. The number of hydrogen-bond acceptors (Lipinski definition) is 5. The molecular formula is C15H18N4O2. The first kappa shape index (κ1) is 13.8. The van der Waals surface area contributed by atoms with Gasteiger partial charge in [-0.15, -0.1) is 10.2 Å². The second kappa shape index (κ2) is 6.05. The van der Waals surface area contributed by atoms with Crippen molar-refractivity contribution >= 4 is 11.6 Å². The minimum atomic E-state index is 0.0326. The highest BCUT2D eigenvalue weighted by atomic mass is 16.4. The van der Waals surface area contributed by atoms with Gasteiger partial charge in [-0.2, -0.15) is 0 Å². The Balaban J connectivity index is 1.78. The van der Waals surface area contributed by atoms with Crippen LogP contribution in [0.3, 0.4) is 0 Å². The van der Waals surface area contributed by atoms with Gasteiger partial charge < -0.3 is 15.1 Å². The van der Waals surface area contributed by atoms with Gasteiger partial charge in [-0.05, 0) is 44.0 Å². The molecule has 6 nitrogen and oxygen atoms in total. The first-order valence-corrected chi connectivity index (χ1v) is 7.13. The highest BCUT2D eigenvalue weighted by Gasteiger charge is 2.21. The predicted molar refractivity (Wildman–Crippen MR) is 78.7 cm³/mol. The molecule has 2 heterocycles. The first-order valence-electron chi connectivity index (χ1n) is 7.13. The van der Waals surface area contributed by atoms with Crippen molar-refractivity contribution < 1.29 is 9.21 Å². The molecule has 1 aromatic heterocycles. The maximum absolute atomic E-state index is 12.3. The quantitative estimate of drug-likeness (QED) is 0.902. The normalized spacial score (nSPS) is 18.4. The van der Waals surface area contributed by atoms with E-state index in [4.69, 9.17) is 4.42 Å². The molecule has 21 heavy (non-hydrogen) atoms. The van der Waals surface area contributed by atoms with E-state index in [0.717, 1.165) is 42.7 Å². The monoisotopic (exact) mass is 286 g/mol. The molecule has 1 aromatic carbocycles. The Morgan fingerprint density at radius 1 is 1.48 bits per heavy atom. The number of carbonyl (C=O) groups excluding carboxylic acids is 1. The second-order valence-electron chi connectivity index (χ2n) is 5.31. The van der Waals surface area contributed by atoms with E-state index in [1.807, 2.05) is 25.1 Å². The Hall–Kier alpha value is -2.21. The maximum Gasteiger partial charge on any atom is 0.247 e. The van der Waals surface area contributed by atoms with E-state index in [2.05, 4.69) is 20.8 Å². The summed E-state index contributed by atoms with van der Waals surface area (Å²) in [4.78, 5) is 12.3. The fourth-order valence-electron chi connectivity index (χ4n) is 2.50. The molecule has 6 heteroatoms. The van der Waals surface area contributed by atoms with Gasteiger partial charge in [-0.1, -0.05) is 6.07 Å². The lowest BCUT2D eigenvalue weighted by molar-refractivity contribution is -0.120. The Morgan fingerprint density at radius 2 is 2.38 bits per heavy atom. The van der Waals surface area contributed by atoms with Crippen LogP contribution in [0, 0.1) is 12.8 Å². The Labute approximate surface area is 123 Å². The Bertz CT molecular complexity index is 619. The number of nitrogens with zero attached hydrogens (tertiary/aromatic N) is 2. The number of piperidine rings is 1. The third-order valence-corrected chi connectivity index (χ3v) is 3.77. The average molecular weight is 286 g/mol. The van der Waals surface area contributed by atoms with Gasteiger partial charge in [0.15, 0.2) is 0 Å². The van der Waals surface area contributed by atoms with Gasteiger partial charge in [0.2, 0.25) is 18.2 Å². The van der Waals surface area contributed by atoms with Gasteiger partial charge in [-0.25, -0.2) is 0 Å². The first-order chi connectivity index (χ1) is 10.2. The molecule has 2 aromatic rings. The number of nitrogens with one attached hydrogen (secondary N) is 2. The number of rotatable bonds is 3. The summed E-state index contributed by atoms with van der Waals surface area (Å²) in [7, 11) is 0. The lowest BCUT2D eigenvalue weighted by atomic mass is 9.98. The van der Waals surface area contributed by atoms with Crippen LogP contribution in [0.4, 0.5) is 5.69 Å². The Morgan fingerprint density at radius 3 is 3.10 bits per heavy atom. The predicted octanol–water partition coefficient (Wildman–Crippen LogP) is 1.98. The van der Waals surface area contributed by atoms with Crippen LogP contribution in [0.5, 0.6) is 0 Å². The molecule has 1 aliphatic heterocycles. The summed E-state index contributed by atoms with van der Waals surface area (Å²) in [5, 5.41) is 13.8. The van der Waals surface area contributed by atoms with Crippen molar-refractivity contribution in [3.63, 3.8) is 0 Å². The van der Waals surface area contributed by atoms with Crippen molar-refractivity contribution in [2.24, 2.45) is 5.92 Å². The van der Waals surface area contributed by atoms with Crippen LogP contribution in [-0.4, -0.2) is 29.2 Å². The smallest absolute Gasteiger partial charge is 0.247 e. The number of anilines is 1. The van der Waals surface area contributed by atoms with E-state index in [1.165, 1.54) is 6.39 Å². The lowest BCUT2D eigenvalue weighted by Gasteiger charge is -2.22. The van der Waals surface area contributed by atoms with E-state index in [0.29, 0.717) is 5.89 Å². The lowest BCUT2D eigenvalue weighted by Crippen LogP contribution is -2.37. The molecule has 1 amide bonds. The molecule has 1 aliphatic rings. The summed E-state index contributed by atoms with van der Waals surface area (Å²) in [6.45, 7) is 3.70. The van der Waals surface area contributed by atoms with Crippen molar-refractivity contribution in [1.29, 1.82) is 0 Å². The van der Waals surface area contributed by atoms with Gasteiger partial charge in [-0.3, -0.25) is 4.79 Å². The minimum absolute atomic E-state index is 0.0326. The number of aryl methyl sites for hydroxylation is 1. The number of benzene rings is 1. The molecule has 3 rings (SSSR count). The van der Waals surface area contributed by atoms with Gasteiger partial charge in [0.25, 0.3) is 0 Å². The van der Waals surface area contributed by atoms with Crippen molar-refractivity contribution in [2.75, 3.05) is 18.4 Å². The molecule has 110 valence electrons. The zero-order chi connectivity index (χ0) is 14.7. The van der Waals surface area contributed by atoms with Crippen LogP contribution in [0.15, 0.2) is 29.0 Å². The molecule has 0 radical (unpaired) electrons. The highest BCUT2D eigenvalue weighted by molar-refractivity contribution is 5.94. The van der Waals surface area contributed by atoms with E-state index in [1.54, 1.807) is 0 Å². The standard InChI is InChI=1S/C15H18N4O2/c1-10-4-5-11(15-19-17-9-21-15)7-13(10)18-14(20)12-3-2-6-16-8-12/h4-5,7,9,12,16H,2-3,6,8H2,1H3,(H,18,20)/t12-/m1/s1. The average Bonchev–Trinajstić information content (AvgIpc) is 3.04. The summed E-state index contributed by atoms with van der Waals surface area (Å²) >= 11 is 0. The fraction of sp³-hybridized carbons (Fsp3) is 0.400. The number of carbonyl (C=O) groups is 1. The highest BCUT2D eigenvalue weighted by Crippen LogP contribution is 2.24. The van der Waals surface area contributed by atoms with Gasteiger partial charge >= 0.3 is 0 Å². The van der Waals surface area contributed by atoms with Crippen molar-refractivity contribution in [2.45, 2.75) is 19.8 Å². The van der Waals surface area contributed by atoms with E-state index in [9.17, 15) is 4.79 Å². The fourth-order valence-corrected chi connectivity index (χ4v) is 2.50. The Kier molecular flexibility index (Phi) is 3.96. The van der Waals surface area contributed by atoms with Crippen molar-refractivity contribution in [3.8, 4) is 11.5 Å². The summed E-state index contributed by atoms with van der Waals surface area (Å²) in [5.41, 5.74) is 2.60. The van der Waals surface area contributed by atoms with Gasteiger partial charge in [0.05, 0.1) is 5.92 Å². The number of aromatic nitrogens is 2. The van der Waals surface area contributed by atoms with Crippen LogP contribution in [-0.2, 0) is 4.79 Å². The summed E-state index contributed by atoms with van der Waals surface area (Å²) in [5.74, 6) is 0.544. The largest absolute Gasteiger partial charge is 0.423 e. The minimum Gasteiger partial charge on any atom is -0.423 e. The molecule has 1 fully saturated rings. The topological polar surface area (TPSA) is 80.1 Å². The van der Waals surface area contributed by atoms with E-state index < -0.39 is 0 Å². The molecular weight excluding hydrogens is 268 g/mol. The molecule has 1 atom stereocenters. The third kappa shape index (κ3) is 3.11. The maximum atomic E-state index is 12.3. The molecule has 0 spiro atoms. The molecule has 2 N–H and O–H groups in total. The van der Waals surface area contributed by atoms with Crippen LogP contribution in [0.1, 0.15) is 18.4 Å². The van der Waals surface area contributed by atoms with Crippen LogP contribution < -0.4 is 10.6 Å². The SMILES string of the molecule is Cc1ccc(-c2nnco2)cc1NC(=O)[C@@H]1CCCNC1. The summed E-state index contributed by atoms with van der Waals surface area (Å²) < 4.78 is 5.19. The van der Waals surface area contributed by atoms with Crippen molar-refractivity contribution in [1.82, 2.24) is 15.5 Å². The molecule has 0 saturated carbocycles. The van der Waals surface area contributed by atoms with E-state index in [-0.39, 0.29) is 11.8 Å². The third-order valence-electron chi connectivity index (χ3n) is 3.77. The number of amides is 1. The molecule has 0 bridgehead atoms. The van der Waals surface area contributed by atoms with Crippen LogP contribution >= 0.6 is 0 Å². The molecule has 0 aliphatic carbocycles. The molecule has 0 unspecified atom stereocenters. The molecule has 1 saturated heterocycles. The zero-order valence-electron chi connectivity index (χ0n) is 11.9. The van der Waals surface area contributed by atoms with Crippen LogP contribution in [0.25, 0.3) is 11.5 Å². The number of hydrogen-bond donors (Lipinski definition) is 2. The van der Waals surface area contributed by atoms with Gasteiger partial charge in [0, 0.05) is 17.8 Å². The zero-order valence-corrected chi connectivity index (χ0v) is 11.9. The van der Waals surface area contributed by atoms with E-state index >= 15 is 0 Å².